The van der Waals surface area contributed by atoms with Gasteiger partial charge in [-0.3, -0.25) is 0 Å². The van der Waals surface area contributed by atoms with Crippen LogP contribution in [0, 0.1) is 0 Å². The fourth-order valence-corrected chi connectivity index (χ4v) is 3.20. The molecule has 1 N–H and O–H groups in total. The lowest BCUT2D eigenvalue weighted by atomic mass is 9.81. The Hall–Kier alpha value is -1.13. The molecule has 2 fully saturated rings. The summed E-state index contributed by atoms with van der Waals surface area (Å²) in [6.07, 6.45) is 3.08. The zero-order chi connectivity index (χ0) is 13.8. The van der Waals surface area contributed by atoms with Crippen molar-refractivity contribution in [2.24, 2.45) is 0 Å². The van der Waals surface area contributed by atoms with Gasteiger partial charge in [-0.1, -0.05) is 11.6 Å². The Morgan fingerprint density at radius 3 is 2.95 bits per heavy atom. The second-order valence-corrected chi connectivity index (χ2v) is 6.15. The van der Waals surface area contributed by atoms with Gasteiger partial charge in [-0.25, -0.2) is 4.79 Å². The first kappa shape index (κ1) is 12.9. The zero-order valence-electron chi connectivity index (χ0n) is 11.6. The van der Waals surface area contributed by atoms with E-state index in [0.717, 1.165) is 12.0 Å². The summed E-state index contributed by atoms with van der Waals surface area (Å²) in [5.41, 5.74) is 2.36. The van der Waals surface area contributed by atoms with Crippen LogP contribution < -0.4 is 0 Å². The number of aliphatic hydroxyl groups is 1. The van der Waals surface area contributed by atoms with Crippen molar-refractivity contribution in [2.45, 2.75) is 63.9 Å². The molecule has 1 saturated carbocycles. The Morgan fingerprint density at radius 1 is 1.53 bits per heavy atom. The lowest BCUT2D eigenvalue weighted by Gasteiger charge is -2.25. The number of rotatable bonds is 3. The maximum Gasteiger partial charge on any atom is 0.334 e. The molecule has 3 rings (SSSR count). The Kier molecular flexibility index (Phi) is 2.84. The number of epoxide rings is 1. The third-order valence-electron chi connectivity index (χ3n) is 4.27. The molecular formula is C15H20O4. The monoisotopic (exact) mass is 264 g/mol. The van der Waals surface area contributed by atoms with Crippen molar-refractivity contribution in [1.82, 2.24) is 0 Å². The van der Waals surface area contributed by atoms with Gasteiger partial charge < -0.3 is 14.6 Å². The van der Waals surface area contributed by atoms with Gasteiger partial charge >= 0.3 is 5.97 Å². The SMILES string of the molecule is CC(C)=CCCC1=C2C(C[C@@]3(C)O[C@H]3[C@@H]2O)OC1=O. The van der Waals surface area contributed by atoms with E-state index in [2.05, 4.69) is 6.08 Å². The van der Waals surface area contributed by atoms with Crippen LogP contribution in [0.3, 0.4) is 0 Å². The Balaban J connectivity index is 1.82. The summed E-state index contributed by atoms with van der Waals surface area (Å²) in [6, 6.07) is 0. The maximum atomic E-state index is 11.9. The molecule has 19 heavy (non-hydrogen) atoms. The van der Waals surface area contributed by atoms with Crippen molar-refractivity contribution in [2.75, 3.05) is 0 Å². The van der Waals surface area contributed by atoms with Crippen LogP contribution in [-0.2, 0) is 14.3 Å². The highest BCUT2D eigenvalue weighted by molar-refractivity contribution is 5.92. The average molecular weight is 264 g/mol. The van der Waals surface area contributed by atoms with Crippen molar-refractivity contribution in [3.8, 4) is 0 Å². The number of carbonyl (C=O) groups excluding carboxylic acids is 1. The predicted molar refractivity (Wildman–Crippen MR) is 69.5 cm³/mol. The molecule has 0 radical (unpaired) electrons. The minimum atomic E-state index is -0.683. The van der Waals surface area contributed by atoms with Crippen LogP contribution in [-0.4, -0.2) is 35.0 Å². The fraction of sp³-hybridized carbons (Fsp3) is 0.667. The molecule has 1 saturated heterocycles. The molecule has 0 spiro atoms. The van der Waals surface area contributed by atoms with Crippen LogP contribution in [0.1, 0.15) is 40.0 Å². The number of hydrogen-bond acceptors (Lipinski definition) is 4. The predicted octanol–water partition coefficient (Wildman–Crippen LogP) is 1.88. The van der Waals surface area contributed by atoms with Crippen molar-refractivity contribution in [3.05, 3.63) is 22.8 Å². The van der Waals surface area contributed by atoms with E-state index in [9.17, 15) is 9.90 Å². The number of allylic oxidation sites excluding steroid dienone is 2. The first-order valence-electron chi connectivity index (χ1n) is 6.85. The van der Waals surface area contributed by atoms with Crippen LogP contribution in [0.25, 0.3) is 0 Å². The van der Waals surface area contributed by atoms with Gasteiger partial charge in [-0.2, -0.15) is 0 Å². The van der Waals surface area contributed by atoms with E-state index in [-0.39, 0.29) is 23.8 Å². The van der Waals surface area contributed by atoms with Gasteiger partial charge in [0.25, 0.3) is 0 Å². The van der Waals surface area contributed by atoms with Crippen molar-refractivity contribution in [1.29, 1.82) is 0 Å². The van der Waals surface area contributed by atoms with Gasteiger partial charge in [0.15, 0.2) is 0 Å². The number of carbonyl (C=O) groups is 1. The highest BCUT2D eigenvalue weighted by atomic mass is 16.6. The number of hydrogen-bond donors (Lipinski definition) is 1. The molecule has 0 bridgehead atoms. The first-order valence-corrected chi connectivity index (χ1v) is 6.85. The summed E-state index contributed by atoms with van der Waals surface area (Å²) < 4.78 is 10.9. The zero-order valence-corrected chi connectivity index (χ0v) is 11.6. The molecule has 3 aliphatic rings. The molecule has 4 nitrogen and oxygen atoms in total. The summed E-state index contributed by atoms with van der Waals surface area (Å²) in [6.45, 7) is 6.03. The third-order valence-corrected chi connectivity index (χ3v) is 4.27. The summed E-state index contributed by atoms with van der Waals surface area (Å²) in [4.78, 5) is 11.9. The second kappa shape index (κ2) is 4.18. The fourth-order valence-electron chi connectivity index (χ4n) is 3.20. The van der Waals surface area contributed by atoms with Crippen LogP contribution in [0.5, 0.6) is 0 Å². The van der Waals surface area contributed by atoms with Gasteiger partial charge in [0.1, 0.15) is 18.3 Å². The molecular weight excluding hydrogens is 244 g/mol. The molecule has 0 aromatic heterocycles. The normalized spacial score (nSPS) is 39.6. The highest BCUT2D eigenvalue weighted by Crippen LogP contribution is 2.52. The van der Waals surface area contributed by atoms with Crippen molar-refractivity contribution >= 4 is 5.97 Å². The van der Waals surface area contributed by atoms with Crippen LogP contribution in [0.15, 0.2) is 22.8 Å². The molecule has 0 aromatic rings. The van der Waals surface area contributed by atoms with Crippen LogP contribution in [0.4, 0.5) is 0 Å². The molecule has 1 unspecified atom stereocenters. The van der Waals surface area contributed by atoms with E-state index >= 15 is 0 Å². The van der Waals surface area contributed by atoms with Gasteiger partial charge in [-0.05, 0) is 33.6 Å². The molecule has 0 amide bonds. The number of ether oxygens (including phenoxy) is 2. The van der Waals surface area contributed by atoms with Crippen LogP contribution >= 0.6 is 0 Å². The quantitative estimate of drug-likeness (QED) is 0.480. The summed E-state index contributed by atoms with van der Waals surface area (Å²) in [5.74, 6) is -0.258. The van der Waals surface area contributed by atoms with E-state index < -0.39 is 6.10 Å². The van der Waals surface area contributed by atoms with E-state index in [1.807, 2.05) is 20.8 Å². The van der Waals surface area contributed by atoms with Gasteiger partial charge in [0, 0.05) is 17.6 Å². The van der Waals surface area contributed by atoms with Gasteiger partial charge in [0.05, 0.1) is 5.60 Å². The minimum absolute atomic E-state index is 0.160. The van der Waals surface area contributed by atoms with E-state index in [1.165, 1.54) is 5.57 Å². The Morgan fingerprint density at radius 2 is 2.26 bits per heavy atom. The lowest BCUT2D eigenvalue weighted by molar-refractivity contribution is -0.140. The first-order chi connectivity index (χ1) is 8.92. The number of esters is 1. The van der Waals surface area contributed by atoms with Gasteiger partial charge in [-0.15, -0.1) is 0 Å². The third kappa shape index (κ3) is 2.03. The summed E-state index contributed by atoms with van der Waals surface area (Å²) in [5, 5.41) is 10.3. The number of aliphatic hydroxyl groups excluding tert-OH is 1. The molecule has 2 heterocycles. The number of fused-ring (bicyclic) bond motifs is 2. The molecule has 104 valence electrons. The summed E-state index contributed by atoms with van der Waals surface area (Å²) >= 11 is 0. The molecule has 2 aliphatic heterocycles. The van der Waals surface area contributed by atoms with Crippen molar-refractivity contribution < 1.29 is 19.4 Å². The smallest absolute Gasteiger partial charge is 0.334 e. The Bertz CT molecular complexity index is 482. The molecule has 1 aliphatic carbocycles. The second-order valence-electron chi connectivity index (χ2n) is 6.15. The Labute approximate surface area is 113 Å². The van der Waals surface area contributed by atoms with E-state index in [4.69, 9.17) is 9.47 Å². The molecule has 0 aromatic carbocycles. The molecule has 4 atom stereocenters. The maximum absolute atomic E-state index is 11.9. The standard InChI is InChI=1S/C15H20O4/c1-8(2)5-4-6-9-11-10(18-14(9)17)7-15(3)13(19-15)12(11)16/h5,10,12-13,16H,4,6-7H2,1-3H3/t10?,12-,13+,15-/m1/s1. The highest BCUT2D eigenvalue weighted by Gasteiger charge is 2.64. The van der Waals surface area contributed by atoms with E-state index in [1.54, 1.807) is 0 Å². The minimum Gasteiger partial charge on any atom is -0.454 e. The molecule has 4 heteroatoms. The average Bonchev–Trinajstić information content (AvgIpc) is 2.89. The van der Waals surface area contributed by atoms with Crippen molar-refractivity contribution in [3.63, 3.8) is 0 Å². The topological polar surface area (TPSA) is 59.1 Å². The summed E-state index contributed by atoms with van der Waals surface area (Å²) in [7, 11) is 0. The van der Waals surface area contributed by atoms with Gasteiger partial charge in [0.2, 0.25) is 0 Å². The van der Waals surface area contributed by atoms with Crippen LogP contribution in [0.2, 0.25) is 0 Å². The van der Waals surface area contributed by atoms with E-state index in [0.29, 0.717) is 18.4 Å². The largest absolute Gasteiger partial charge is 0.454 e. The lowest BCUT2D eigenvalue weighted by Crippen LogP contribution is -2.38.